The van der Waals surface area contributed by atoms with Crippen LogP contribution in [-0.2, 0) is 0 Å². The van der Waals surface area contributed by atoms with E-state index in [-0.39, 0.29) is 5.56 Å². The van der Waals surface area contributed by atoms with Crippen LogP contribution in [0, 0.1) is 0 Å². The third-order valence-electron chi connectivity index (χ3n) is 3.96. The molecule has 0 atom stereocenters. The standard InChI is InChI=1S/C21H13ClO3S/c22-15-9-6-13(7-10-15)19-20(26-16-4-2-1-3-5-16)17-11-8-14(21(23)24)12-18(17)25-19/h1-12H,(H,23,24). The second-order valence-corrected chi connectivity index (χ2v) is 7.22. The molecule has 1 aromatic heterocycles. The topological polar surface area (TPSA) is 50.4 Å². The zero-order valence-corrected chi connectivity index (χ0v) is 15.1. The van der Waals surface area contributed by atoms with E-state index in [9.17, 15) is 9.90 Å². The highest BCUT2D eigenvalue weighted by Gasteiger charge is 2.18. The molecule has 128 valence electrons. The second-order valence-electron chi connectivity index (χ2n) is 5.70. The van der Waals surface area contributed by atoms with Crippen LogP contribution in [0.1, 0.15) is 10.4 Å². The lowest BCUT2D eigenvalue weighted by Crippen LogP contribution is -1.94. The molecule has 3 aromatic carbocycles. The number of carbonyl (C=O) groups is 1. The second kappa shape index (κ2) is 6.90. The van der Waals surface area contributed by atoms with Crippen LogP contribution >= 0.6 is 23.4 Å². The Morgan fingerprint density at radius 3 is 2.38 bits per heavy atom. The van der Waals surface area contributed by atoms with Gasteiger partial charge in [-0.15, -0.1) is 0 Å². The lowest BCUT2D eigenvalue weighted by Gasteiger charge is -2.04. The Kier molecular flexibility index (Phi) is 4.45. The van der Waals surface area contributed by atoms with Crippen molar-refractivity contribution in [3.05, 3.63) is 83.4 Å². The van der Waals surface area contributed by atoms with Crippen molar-refractivity contribution < 1.29 is 14.3 Å². The van der Waals surface area contributed by atoms with Crippen LogP contribution < -0.4 is 0 Å². The fourth-order valence-corrected chi connectivity index (χ4v) is 3.89. The van der Waals surface area contributed by atoms with Gasteiger partial charge in [-0.1, -0.05) is 41.6 Å². The van der Waals surface area contributed by atoms with E-state index in [4.69, 9.17) is 16.0 Å². The molecule has 1 N–H and O–H groups in total. The fourth-order valence-electron chi connectivity index (χ4n) is 2.71. The quantitative estimate of drug-likeness (QED) is 0.433. The lowest BCUT2D eigenvalue weighted by atomic mass is 10.1. The molecule has 0 amide bonds. The summed E-state index contributed by atoms with van der Waals surface area (Å²) in [7, 11) is 0. The van der Waals surface area contributed by atoms with Crippen LogP contribution in [0.2, 0.25) is 5.02 Å². The number of carboxylic acids is 1. The van der Waals surface area contributed by atoms with Crippen molar-refractivity contribution in [2.45, 2.75) is 9.79 Å². The zero-order chi connectivity index (χ0) is 18.1. The molecule has 0 spiro atoms. The Labute approximate surface area is 159 Å². The van der Waals surface area contributed by atoms with E-state index in [0.717, 1.165) is 20.7 Å². The van der Waals surface area contributed by atoms with Gasteiger partial charge in [0.05, 0.1) is 10.5 Å². The first-order valence-electron chi connectivity index (χ1n) is 7.90. The summed E-state index contributed by atoms with van der Waals surface area (Å²) in [5.74, 6) is -0.276. The molecule has 1 heterocycles. The first kappa shape index (κ1) is 16.8. The van der Waals surface area contributed by atoms with Crippen molar-refractivity contribution >= 4 is 40.3 Å². The molecule has 26 heavy (non-hydrogen) atoms. The molecule has 0 saturated carbocycles. The van der Waals surface area contributed by atoms with E-state index in [1.165, 1.54) is 0 Å². The lowest BCUT2D eigenvalue weighted by molar-refractivity contribution is 0.0697. The first-order valence-corrected chi connectivity index (χ1v) is 9.10. The Morgan fingerprint density at radius 2 is 1.69 bits per heavy atom. The van der Waals surface area contributed by atoms with E-state index in [1.807, 2.05) is 54.6 Å². The number of carboxylic acid groups (broad SMARTS) is 1. The van der Waals surface area contributed by atoms with Gasteiger partial charge in [-0.2, -0.15) is 0 Å². The largest absolute Gasteiger partial charge is 0.478 e. The summed E-state index contributed by atoms with van der Waals surface area (Å²) in [6, 6.07) is 22.4. The number of halogens is 1. The summed E-state index contributed by atoms with van der Waals surface area (Å²) in [6.07, 6.45) is 0. The molecular formula is C21H13ClO3S. The smallest absolute Gasteiger partial charge is 0.335 e. The van der Waals surface area contributed by atoms with Crippen molar-refractivity contribution in [1.29, 1.82) is 0 Å². The highest BCUT2D eigenvalue weighted by molar-refractivity contribution is 7.99. The summed E-state index contributed by atoms with van der Waals surface area (Å²) in [4.78, 5) is 13.3. The van der Waals surface area contributed by atoms with Gasteiger partial charge in [-0.3, -0.25) is 0 Å². The maximum Gasteiger partial charge on any atom is 0.335 e. The Hall–Kier alpha value is -2.69. The number of aromatic carboxylic acids is 1. The molecule has 0 radical (unpaired) electrons. The number of fused-ring (bicyclic) bond motifs is 1. The number of hydrogen-bond donors (Lipinski definition) is 1. The Morgan fingerprint density at radius 1 is 0.962 bits per heavy atom. The maximum absolute atomic E-state index is 11.3. The van der Waals surface area contributed by atoms with E-state index in [1.54, 1.807) is 30.0 Å². The predicted molar refractivity (Wildman–Crippen MR) is 104 cm³/mol. The Balaban J connectivity index is 1.91. The molecule has 0 aliphatic heterocycles. The summed E-state index contributed by atoms with van der Waals surface area (Å²) >= 11 is 7.59. The van der Waals surface area contributed by atoms with Crippen LogP contribution in [0.15, 0.2) is 87.0 Å². The third kappa shape index (κ3) is 3.21. The van der Waals surface area contributed by atoms with Crippen LogP contribution in [-0.4, -0.2) is 11.1 Å². The normalized spacial score (nSPS) is 11.0. The summed E-state index contributed by atoms with van der Waals surface area (Å²) in [5, 5.41) is 10.8. The molecule has 0 aliphatic rings. The van der Waals surface area contributed by atoms with Gasteiger partial charge in [0.25, 0.3) is 0 Å². The van der Waals surface area contributed by atoms with E-state index < -0.39 is 5.97 Å². The first-order chi connectivity index (χ1) is 12.6. The highest BCUT2D eigenvalue weighted by atomic mass is 35.5. The van der Waals surface area contributed by atoms with Gasteiger partial charge in [-0.05, 0) is 54.6 Å². The average molecular weight is 381 g/mol. The zero-order valence-electron chi connectivity index (χ0n) is 13.5. The minimum atomic E-state index is -0.978. The summed E-state index contributed by atoms with van der Waals surface area (Å²) < 4.78 is 6.06. The number of hydrogen-bond acceptors (Lipinski definition) is 3. The van der Waals surface area contributed by atoms with Gasteiger partial charge in [0.1, 0.15) is 11.3 Å². The van der Waals surface area contributed by atoms with Gasteiger partial charge in [-0.25, -0.2) is 4.79 Å². The molecule has 4 rings (SSSR count). The van der Waals surface area contributed by atoms with Crippen molar-refractivity contribution in [1.82, 2.24) is 0 Å². The molecule has 0 saturated heterocycles. The van der Waals surface area contributed by atoms with Crippen molar-refractivity contribution in [2.24, 2.45) is 0 Å². The molecule has 0 unspecified atom stereocenters. The third-order valence-corrected chi connectivity index (χ3v) is 5.33. The summed E-state index contributed by atoms with van der Waals surface area (Å²) in [6.45, 7) is 0. The minimum Gasteiger partial charge on any atom is -0.478 e. The van der Waals surface area contributed by atoms with Crippen LogP contribution in [0.25, 0.3) is 22.3 Å². The van der Waals surface area contributed by atoms with Crippen LogP contribution in [0.5, 0.6) is 0 Å². The summed E-state index contributed by atoms with van der Waals surface area (Å²) in [5.41, 5.74) is 1.64. The highest BCUT2D eigenvalue weighted by Crippen LogP contribution is 2.43. The predicted octanol–water partition coefficient (Wildman–Crippen LogP) is 6.60. The monoisotopic (exact) mass is 380 g/mol. The molecule has 0 aliphatic carbocycles. The SMILES string of the molecule is O=C(O)c1ccc2c(Sc3ccccc3)c(-c3ccc(Cl)cc3)oc2c1. The molecule has 0 bridgehead atoms. The number of furan rings is 1. The molecule has 4 aromatic rings. The number of rotatable bonds is 4. The number of benzene rings is 3. The van der Waals surface area contributed by atoms with Crippen molar-refractivity contribution in [3.63, 3.8) is 0 Å². The van der Waals surface area contributed by atoms with Gasteiger partial charge in [0, 0.05) is 20.9 Å². The van der Waals surface area contributed by atoms with Crippen LogP contribution in [0.3, 0.4) is 0 Å². The average Bonchev–Trinajstić information content (AvgIpc) is 3.01. The van der Waals surface area contributed by atoms with Gasteiger partial charge in [0.2, 0.25) is 0 Å². The Bertz CT molecular complexity index is 1090. The molecule has 0 fully saturated rings. The molecule has 3 nitrogen and oxygen atoms in total. The van der Waals surface area contributed by atoms with E-state index in [0.29, 0.717) is 16.4 Å². The van der Waals surface area contributed by atoms with Crippen molar-refractivity contribution in [3.8, 4) is 11.3 Å². The van der Waals surface area contributed by atoms with Crippen molar-refractivity contribution in [2.75, 3.05) is 0 Å². The maximum atomic E-state index is 11.3. The minimum absolute atomic E-state index is 0.199. The van der Waals surface area contributed by atoms with Crippen LogP contribution in [0.4, 0.5) is 0 Å². The van der Waals surface area contributed by atoms with E-state index >= 15 is 0 Å². The molecular weight excluding hydrogens is 368 g/mol. The fraction of sp³-hybridized carbons (Fsp3) is 0. The van der Waals surface area contributed by atoms with Gasteiger partial charge < -0.3 is 9.52 Å². The van der Waals surface area contributed by atoms with Gasteiger partial charge >= 0.3 is 5.97 Å². The van der Waals surface area contributed by atoms with Gasteiger partial charge in [0.15, 0.2) is 0 Å². The van der Waals surface area contributed by atoms with E-state index in [2.05, 4.69) is 0 Å². The molecule has 5 heteroatoms.